The molecule has 4 nitrogen and oxygen atoms in total. The molecule has 0 unspecified atom stereocenters. The van der Waals surface area contributed by atoms with E-state index in [1.807, 2.05) is 42.5 Å². The minimum atomic E-state index is 0.404. The molecule has 3 aromatic rings. The highest BCUT2D eigenvalue weighted by Gasteiger charge is 2.12. The lowest BCUT2D eigenvalue weighted by atomic mass is 10.2. The van der Waals surface area contributed by atoms with Crippen LogP contribution in [0.15, 0.2) is 53.1 Å². The molecule has 0 saturated carbocycles. The molecule has 2 aromatic carbocycles. The van der Waals surface area contributed by atoms with Crippen LogP contribution in [0.3, 0.4) is 0 Å². The van der Waals surface area contributed by atoms with E-state index in [2.05, 4.69) is 10.1 Å². The fraction of sp³-hybridized carbons (Fsp3) is 0.0667. The summed E-state index contributed by atoms with van der Waals surface area (Å²) in [5.74, 6) is 1.70. The lowest BCUT2D eigenvalue weighted by Crippen LogP contribution is -1.84. The van der Waals surface area contributed by atoms with Crippen LogP contribution in [0.25, 0.3) is 22.8 Å². The Bertz CT molecular complexity index is 723. The van der Waals surface area contributed by atoms with Gasteiger partial charge in [0.05, 0.1) is 17.7 Å². The first-order valence-electron chi connectivity index (χ1n) is 6.01. The predicted octanol–water partition coefficient (Wildman–Crippen LogP) is 4.07. The fourth-order valence-corrected chi connectivity index (χ4v) is 2.04. The Balaban J connectivity index is 1.95. The van der Waals surface area contributed by atoms with Gasteiger partial charge >= 0.3 is 0 Å². The van der Waals surface area contributed by atoms with Crippen LogP contribution in [0, 0.1) is 0 Å². The van der Waals surface area contributed by atoms with Crippen LogP contribution >= 0.6 is 11.6 Å². The van der Waals surface area contributed by atoms with Crippen LogP contribution in [0.5, 0.6) is 5.75 Å². The first-order valence-corrected chi connectivity index (χ1v) is 6.39. The number of halogens is 1. The molecule has 0 amide bonds. The van der Waals surface area contributed by atoms with Crippen molar-refractivity contribution in [3.63, 3.8) is 0 Å². The minimum Gasteiger partial charge on any atom is -0.497 e. The van der Waals surface area contributed by atoms with E-state index in [1.165, 1.54) is 0 Å². The van der Waals surface area contributed by atoms with E-state index in [9.17, 15) is 0 Å². The molecule has 3 rings (SSSR count). The zero-order chi connectivity index (χ0) is 13.9. The van der Waals surface area contributed by atoms with Gasteiger partial charge in [-0.2, -0.15) is 4.98 Å². The van der Waals surface area contributed by atoms with Crippen molar-refractivity contribution in [1.82, 2.24) is 10.1 Å². The van der Waals surface area contributed by atoms with E-state index in [-0.39, 0.29) is 0 Å². The number of aromatic nitrogens is 2. The lowest BCUT2D eigenvalue weighted by molar-refractivity contribution is 0.415. The highest BCUT2D eigenvalue weighted by atomic mass is 35.5. The Morgan fingerprint density at radius 2 is 1.80 bits per heavy atom. The number of hydrogen-bond donors (Lipinski definition) is 0. The maximum atomic E-state index is 6.11. The molecule has 0 aliphatic rings. The van der Waals surface area contributed by atoms with Gasteiger partial charge in [0.25, 0.3) is 5.89 Å². The Kier molecular flexibility index (Phi) is 3.39. The topological polar surface area (TPSA) is 48.2 Å². The number of hydrogen-bond acceptors (Lipinski definition) is 4. The average molecular weight is 287 g/mol. The number of nitrogens with zero attached hydrogens (tertiary/aromatic N) is 2. The molecule has 0 saturated heterocycles. The lowest BCUT2D eigenvalue weighted by Gasteiger charge is -1.99. The van der Waals surface area contributed by atoms with Crippen molar-refractivity contribution in [3.8, 4) is 28.6 Å². The monoisotopic (exact) mass is 286 g/mol. The highest BCUT2D eigenvalue weighted by molar-refractivity contribution is 6.33. The van der Waals surface area contributed by atoms with Crippen LogP contribution in [0.2, 0.25) is 5.02 Å². The van der Waals surface area contributed by atoms with Gasteiger partial charge in [0.15, 0.2) is 0 Å². The van der Waals surface area contributed by atoms with Crippen molar-refractivity contribution in [2.24, 2.45) is 0 Å². The summed E-state index contributed by atoms with van der Waals surface area (Å²) >= 11 is 6.11. The molecule has 0 aliphatic carbocycles. The summed E-state index contributed by atoms with van der Waals surface area (Å²) in [5.41, 5.74) is 1.58. The Hall–Kier alpha value is -2.33. The van der Waals surface area contributed by atoms with E-state index in [4.69, 9.17) is 20.9 Å². The number of ether oxygens (including phenoxy) is 1. The summed E-state index contributed by atoms with van der Waals surface area (Å²) in [6, 6.07) is 14.8. The number of benzene rings is 2. The maximum absolute atomic E-state index is 6.11. The molecule has 0 bridgehead atoms. The van der Waals surface area contributed by atoms with E-state index >= 15 is 0 Å². The highest BCUT2D eigenvalue weighted by Crippen LogP contribution is 2.28. The molecule has 20 heavy (non-hydrogen) atoms. The van der Waals surface area contributed by atoms with Crippen molar-refractivity contribution in [3.05, 3.63) is 53.6 Å². The van der Waals surface area contributed by atoms with Gasteiger partial charge in [-0.05, 0) is 36.4 Å². The zero-order valence-electron chi connectivity index (χ0n) is 10.7. The van der Waals surface area contributed by atoms with Gasteiger partial charge in [0, 0.05) is 5.56 Å². The number of rotatable bonds is 3. The Labute approximate surface area is 121 Å². The van der Waals surface area contributed by atoms with Crippen LogP contribution in [-0.2, 0) is 0 Å². The molecular formula is C15H11ClN2O2. The molecule has 1 aromatic heterocycles. The second-order valence-corrected chi connectivity index (χ2v) is 4.54. The van der Waals surface area contributed by atoms with E-state index in [0.717, 1.165) is 16.9 Å². The molecule has 100 valence electrons. The SMILES string of the molecule is COc1ccc(-c2noc(-c3ccccc3Cl)n2)cc1. The molecular weight excluding hydrogens is 276 g/mol. The average Bonchev–Trinajstić information content (AvgIpc) is 2.97. The standard InChI is InChI=1S/C15H11ClN2O2/c1-19-11-8-6-10(7-9-11)14-17-15(20-18-14)12-4-2-3-5-13(12)16/h2-9H,1H3. The van der Waals surface area contributed by atoms with Crippen molar-refractivity contribution in [2.45, 2.75) is 0 Å². The Morgan fingerprint density at radius 3 is 2.50 bits per heavy atom. The third-order valence-corrected chi connectivity index (χ3v) is 3.21. The summed E-state index contributed by atoms with van der Waals surface area (Å²) in [4.78, 5) is 4.36. The third kappa shape index (κ3) is 2.38. The van der Waals surface area contributed by atoms with Crippen molar-refractivity contribution >= 4 is 11.6 Å². The third-order valence-electron chi connectivity index (χ3n) is 2.88. The zero-order valence-corrected chi connectivity index (χ0v) is 11.5. The van der Waals surface area contributed by atoms with E-state index in [1.54, 1.807) is 13.2 Å². The van der Waals surface area contributed by atoms with Crippen LogP contribution in [-0.4, -0.2) is 17.3 Å². The van der Waals surface area contributed by atoms with Crippen molar-refractivity contribution < 1.29 is 9.26 Å². The molecule has 5 heteroatoms. The van der Waals surface area contributed by atoms with Gasteiger partial charge < -0.3 is 9.26 Å². The molecule has 0 spiro atoms. The van der Waals surface area contributed by atoms with Gasteiger partial charge in [-0.25, -0.2) is 0 Å². The molecule has 0 radical (unpaired) electrons. The molecule has 0 atom stereocenters. The van der Waals surface area contributed by atoms with Crippen molar-refractivity contribution in [2.75, 3.05) is 7.11 Å². The molecule has 1 heterocycles. The minimum absolute atomic E-state index is 0.404. The summed E-state index contributed by atoms with van der Waals surface area (Å²) < 4.78 is 10.4. The summed E-state index contributed by atoms with van der Waals surface area (Å²) in [7, 11) is 1.62. The number of methoxy groups -OCH3 is 1. The van der Waals surface area contributed by atoms with E-state index < -0.39 is 0 Å². The second-order valence-electron chi connectivity index (χ2n) is 4.13. The van der Waals surface area contributed by atoms with Crippen LogP contribution in [0.1, 0.15) is 0 Å². The van der Waals surface area contributed by atoms with Gasteiger partial charge in [0.2, 0.25) is 5.82 Å². The summed E-state index contributed by atoms with van der Waals surface area (Å²) in [6.45, 7) is 0. The predicted molar refractivity (Wildman–Crippen MR) is 76.7 cm³/mol. The van der Waals surface area contributed by atoms with Gasteiger partial charge in [-0.15, -0.1) is 0 Å². The van der Waals surface area contributed by atoms with Crippen LogP contribution < -0.4 is 4.74 Å². The van der Waals surface area contributed by atoms with Crippen molar-refractivity contribution in [1.29, 1.82) is 0 Å². The van der Waals surface area contributed by atoms with E-state index in [0.29, 0.717) is 16.7 Å². The molecule has 0 fully saturated rings. The first kappa shape index (κ1) is 12.7. The second kappa shape index (κ2) is 5.35. The summed E-state index contributed by atoms with van der Waals surface area (Å²) in [5, 5.41) is 4.55. The van der Waals surface area contributed by atoms with Gasteiger partial charge in [-0.3, -0.25) is 0 Å². The van der Waals surface area contributed by atoms with Crippen LogP contribution in [0.4, 0.5) is 0 Å². The summed E-state index contributed by atoms with van der Waals surface area (Å²) in [6.07, 6.45) is 0. The van der Waals surface area contributed by atoms with Gasteiger partial charge in [-0.1, -0.05) is 28.9 Å². The fourth-order valence-electron chi connectivity index (χ4n) is 1.82. The Morgan fingerprint density at radius 1 is 1.05 bits per heavy atom. The molecule has 0 N–H and O–H groups in total. The largest absolute Gasteiger partial charge is 0.497 e. The maximum Gasteiger partial charge on any atom is 0.259 e. The van der Waals surface area contributed by atoms with Gasteiger partial charge in [0.1, 0.15) is 5.75 Å². The quantitative estimate of drug-likeness (QED) is 0.728. The molecule has 0 aliphatic heterocycles. The normalized spacial score (nSPS) is 10.5. The first-order chi connectivity index (χ1) is 9.78. The smallest absolute Gasteiger partial charge is 0.259 e.